The number of hydrogen-bond acceptors (Lipinski definition) is 0. The van der Waals surface area contributed by atoms with Gasteiger partial charge in [-0.05, 0) is 584 Å². The van der Waals surface area contributed by atoms with Gasteiger partial charge in [-0.2, -0.15) is 0 Å². The summed E-state index contributed by atoms with van der Waals surface area (Å²) < 4.78 is 0. The Morgan fingerprint density at radius 3 is 0.162 bits per heavy atom. The van der Waals surface area contributed by atoms with E-state index in [4.69, 9.17) is 0 Å². The average molecular weight is 2050 g/mol. The van der Waals surface area contributed by atoms with E-state index in [0.717, 1.165) is 565 Å². The molecule has 0 N–H and O–H groups in total. The van der Waals surface area contributed by atoms with Crippen molar-refractivity contribution in [2.45, 2.75) is 0 Å². The van der Waals surface area contributed by atoms with Crippen molar-refractivity contribution < 1.29 is 0 Å². The van der Waals surface area contributed by atoms with Gasteiger partial charge in [0.2, 0.25) is 0 Å². The molecule has 0 atom stereocenters. The Morgan fingerprint density at radius 2 is 0.118 bits per heavy atom. The summed E-state index contributed by atoms with van der Waals surface area (Å²) in [5.74, 6) is 0. The largest absolute Gasteiger partial charge is 0.0120 e. The van der Waals surface area contributed by atoms with Crippen LogP contribution in [0.4, 0.5) is 0 Å². The fraction of sp³-hybridized carbons (Fsp3) is 0. The summed E-state index contributed by atoms with van der Waals surface area (Å²) in [7, 11) is 65.2. The van der Waals surface area contributed by atoms with Crippen LogP contribution in [-0.4, -0.2) is 584 Å². The third kappa shape index (κ3) is 80.7. The van der Waals surface area contributed by atoms with Gasteiger partial charge in [0.05, 0.1) is 0 Å². The monoisotopic (exact) mass is 2040 g/mol. The second-order valence-electron chi connectivity index (χ2n) is 23.6. The van der Waals surface area contributed by atoms with E-state index in [1.807, 2.05) is 0 Å². The van der Waals surface area contributed by atoms with Crippen LogP contribution in [0.5, 0.6) is 0 Å². The summed E-state index contributed by atoms with van der Waals surface area (Å²) >= 11 is 0. The van der Waals surface area contributed by atoms with Gasteiger partial charge in [0, 0.05) is 0 Å². The second-order valence-corrected chi connectivity index (χ2v) is 638. The van der Waals surface area contributed by atoms with Gasteiger partial charge in [0.15, 0.2) is 0 Å². The Kier molecular flexibility index (Phi) is 99.5. The standard InChI is InChI=1S/H138Si68/c1-3-5-7-9-11-13-15-17-19-21-23-25-27-29-31-33-35-37-39-41-43-45-47-49-51-53-55-57-59-61-63-65-67-68-66-64-62-60-58-56-54-52-50-48-46-44-42-40-38-36-34-32-30-28-26-24-22-20-18-16-14-12-10-8-6-4-2/h3-68H2,1-2H3. The van der Waals surface area contributed by atoms with Crippen LogP contribution in [0.1, 0.15) is 0 Å². The molecule has 0 saturated carbocycles. The van der Waals surface area contributed by atoms with Crippen LogP contribution in [0.25, 0.3) is 0 Å². The Hall–Kier alpha value is 14.7. The second kappa shape index (κ2) is 81.7. The highest BCUT2D eigenvalue weighted by Gasteiger charge is 2.05. The summed E-state index contributed by atoms with van der Waals surface area (Å²) in [6.07, 6.45) is 0. The molecule has 0 aromatic heterocycles. The van der Waals surface area contributed by atoms with Crippen molar-refractivity contribution in [3.63, 3.8) is 0 Å². The van der Waals surface area contributed by atoms with Crippen molar-refractivity contribution in [3.05, 3.63) is 0 Å². The molecule has 0 radical (unpaired) electrons. The Balaban J connectivity index is 3.07. The molecule has 0 spiro atoms. The lowest BCUT2D eigenvalue weighted by molar-refractivity contribution is 3.76. The number of rotatable bonds is 65. The first-order valence-corrected chi connectivity index (χ1v) is 305. The van der Waals surface area contributed by atoms with Crippen molar-refractivity contribution in [3.8, 4) is 0 Å². The third-order valence-corrected chi connectivity index (χ3v) is 1330. The molecule has 0 aliphatic heterocycles. The maximum Gasteiger partial charge on any atom is -0.00934 e. The summed E-state index contributed by atoms with van der Waals surface area (Å²) in [6, 6.07) is 0. The first-order valence-electron chi connectivity index (χ1n) is 33.9. The molecule has 68 heavy (non-hydrogen) atoms. The molecular weight excluding hydrogens is 1910 g/mol. The van der Waals surface area contributed by atoms with Gasteiger partial charge < -0.3 is 0 Å². The Bertz CT molecular complexity index is 732. The molecule has 0 aliphatic rings. The summed E-state index contributed by atoms with van der Waals surface area (Å²) in [6.45, 7) is 0. The topological polar surface area (TPSA) is 0 Å². The predicted octanol–water partition coefficient (Wildman–Crippen LogP) is -62.8. The van der Waals surface area contributed by atoms with Gasteiger partial charge in [-0.15, -0.1) is 0 Å². The third-order valence-electron chi connectivity index (χ3n) is 16.5. The van der Waals surface area contributed by atoms with Gasteiger partial charge in [0.25, 0.3) is 0 Å². The molecule has 0 unspecified atom stereocenters. The summed E-state index contributed by atoms with van der Waals surface area (Å²) in [5, 5.41) is 0. The summed E-state index contributed by atoms with van der Waals surface area (Å²) in [5.41, 5.74) is 0. The molecule has 0 bridgehead atoms. The highest BCUT2D eigenvalue weighted by Crippen LogP contribution is 1.68. The van der Waals surface area contributed by atoms with Crippen LogP contribution in [0.3, 0.4) is 0 Å². The lowest BCUT2D eigenvalue weighted by Gasteiger charge is -2.01. The van der Waals surface area contributed by atoms with Crippen LogP contribution >= 0.6 is 0 Å². The van der Waals surface area contributed by atoms with Crippen LogP contribution in [0.2, 0.25) is 0 Å². The van der Waals surface area contributed by atoms with Crippen LogP contribution in [0, 0.1) is 0 Å². The highest BCUT2D eigenvalue weighted by molar-refractivity contribution is 7.81. The van der Waals surface area contributed by atoms with Crippen LogP contribution < -0.4 is 0 Å². The van der Waals surface area contributed by atoms with E-state index in [-0.39, 0.29) is 0 Å². The molecule has 0 saturated heterocycles. The minimum Gasteiger partial charge on any atom is -0.0120 e. The molecule has 0 heterocycles. The van der Waals surface area contributed by atoms with E-state index in [0.29, 0.717) is 0 Å². The van der Waals surface area contributed by atoms with Crippen molar-refractivity contribution in [2.24, 2.45) is 0 Å². The first-order chi connectivity index (χ1) is 33.9. The van der Waals surface area contributed by atoms with Crippen molar-refractivity contribution in [1.29, 1.82) is 0 Å². The minimum absolute atomic E-state index is 0.819. The van der Waals surface area contributed by atoms with Crippen molar-refractivity contribution in [2.75, 3.05) is 0 Å². The van der Waals surface area contributed by atoms with Gasteiger partial charge >= 0.3 is 0 Å². The zero-order valence-electron chi connectivity index (χ0n) is 48.7. The fourth-order valence-corrected chi connectivity index (χ4v) is 2780. The Morgan fingerprint density at radius 1 is 0.0735 bits per heavy atom. The molecule has 68 heteroatoms. The predicted molar refractivity (Wildman–Crippen MR) is 584 cm³/mol. The summed E-state index contributed by atoms with van der Waals surface area (Å²) in [4.78, 5) is 0. The van der Waals surface area contributed by atoms with Gasteiger partial charge in [-0.3, -0.25) is 0 Å². The molecule has 0 aliphatic carbocycles. The quantitative estimate of drug-likeness (QED) is 0.0421. The zero-order valence-corrected chi connectivity index (χ0v) is 146. The molecular formula is H138Si68. The van der Waals surface area contributed by atoms with Crippen molar-refractivity contribution >= 4 is 584 Å². The van der Waals surface area contributed by atoms with Gasteiger partial charge in [-0.1, -0.05) is 0 Å². The molecule has 0 aromatic rings. The van der Waals surface area contributed by atoms with E-state index in [9.17, 15) is 0 Å². The minimum atomic E-state index is 0.819. The molecule has 0 fully saturated rings. The SMILES string of the molecule is [SiH3][SiH2][SiH2][SiH2][SiH2][SiH2][SiH2][SiH2][SiH2][SiH2][SiH2][SiH2][SiH2][SiH2][SiH2][SiH2][SiH2][SiH2][SiH2][SiH2][SiH2][SiH2][SiH2][SiH2][SiH2][SiH2][SiH2][SiH2][SiH2][SiH2][SiH2][SiH2][SiH2][SiH2][SiH2][SiH2][SiH2][SiH2][SiH2][SiH2][SiH2][SiH2][SiH2][SiH2][SiH2][SiH2][SiH2][SiH2][SiH2][SiH2][SiH2][SiH2][SiH2][SiH2][SiH2][SiH2][SiH2][SiH2][SiH2][SiH2][SiH2][SiH2][SiH2][SiH2][SiH2][SiH2][SiH2][SiH3]. The molecule has 0 rings (SSSR count). The number of hydrogen-bond donors (Lipinski definition) is 0. The maximum absolute atomic E-state index is 1.76. The first kappa shape index (κ1) is 82.7. The zero-order chi connectivity index (χ0) is 48.7. The fourth-order valence-electron chi connectivity index (χ4n) is 11.5. The van der Waals surface area contributed by atoms with Crippen LogP contribution in [-0.2, 0) is 0 Å². The van der Waals surface area contributed by atoms with Gasteiger partial charge in [-0.25, -0.2) is 0 Å². The molecule has 0 amide bonds. The van der Waals surface area contributed by atoms with E-state index in [1.165, 1.54) is 0 Å². The van der Waals surface area contributed by atoms with Crippen LogP contribution in [0.15, 0.2) is 0 Å². The smallest absolute Gasteiger partial charge is 0.00934 e. The molecule has 0 nitrogen and oxygen atoms in total. The van der Waals surface area contributed by atoms with E-state index in [1.54, 1.807) is 19.5 Å². The molecule has 0 aromatic carbocycles. The van der Waals surface area contributed by atoms with E-state index < -0.39 is 0 Å². The lowest BCUT2D eigenvalue weighted by atomic mass is 26.1. The van der Waals surface area contributed by atoms with E-state index >= 15 is 0 Å². The normalized spacial score (nSPS) is 23.5. The highest BCUT2D eigenvalue weighted by atomic mass is 30.1. The maximum atomic E-state index is 1.76. The van der Waals surface area contributed by atoms with E-state index in [2.05, 4.69) is 0 Å². The molecule has 410 valence electrons. The Labute approximate surface area is 572 Å². The average Bonchev–Trinajstić information content (AvgIpc) is 3.35. The van der Waals surface area contributed by atoms with Gasteiger partial charge in [0.1, 0.15) is 0 Å². The lowest BCUT2D eigenvalue weighted by Crippen LogP contribution is -2.38. The van der Waals surface area contributed by atoms with Crippen molar-refractivity contribution in [1.82, 2.24) is 0 Å².